The highest BCUT2D eigenvalue weighted by atomic mass is 16.3. The number of piperidine rings is 1. The Hall–Kier alpha value is -2.53. The molecule has 0 saturated carbocycles. The first-order chi connectivity index (χ1) is 12.3. The van der Waals surface area contributed by atoms with Crippen molar-refractivity contribution in [1.82, 2.24) is 15.2 Å². The number of rotatable bonds is 5. The molecule has 5 nitrogen and oxygen atoms in total. The number of nitrogens with zero attached hydrogens (tertiary/aromatic N) is 1. The second-order valence-corrected chi connectivity index (χ2v) is 6.72. The third-order valence-electron chi connectivity index (χ3n) is 4.99. The van der Waals surface area contributed by atoms with E-state index in [0.29, 0.717) is 19.0 Å². The molecule has 1 amide bonds. The summed E-state index contributed by atoms with van der Waals surface area (Å²) in [6, 6.07) is 14.4. The Balaban J connectivity index is 1.27. The number of hydrogen-bond donors (Lipinski definition) is 2. The van der Waals surface area contributed by atoms with Crippen LogP contribution in [0.15, 0.2) is 53.1 Å². The van der Waals surface area contributed by atoms with E-state index in [9.17, 15) is 4.79 Å². The highest BCUT2D eigenvalue weighted by molar-refractivity contribution is 5.80. The maximum absolute atomic E-state index is 12.1. The lowest BCUT2D eigenvalue weighted by Crippen LogP contribution is -2.41. The van der Waals surface area contributed by atoms with Crippen molar-refractivity contribution in [2.75, 3.05) is 19.6 Å². The molecule has 2 N–H and O–H groups in total. The monoisotopic (exact) mass is 337 g/mol. The van der Waals surface area contributed by atoms with E-state index in [2.05, 4.69) is 45.5 Å². The number of carbonyl (C=O) groups excluding carboxylic acids is 1. The molecule has 0 aliphatic carbocycles. The van der Waals surface area contributed by atoms with E-state index in [-0.39, 0.29) is 5.91 Å². The predicted molar refractivity (Wildman–Crippen MR) is 97.3 cm³/mol. The first-order valence-corrected chi connectivity index (χ1v) is 8.87. The van der Waals surface area contributed by atoms with Gasteiger partial charge in [0, 0.05) is 17.1 Å². The molecule has 1 aromatic carbocycles. The molecule has 0 bridgehead atoms. The van der Waals surface area contributed by atoms with Crippen molar-refractivity contribution in [3.63, 3.8) is 0 Å². The second kappa shape index (κ2) is 7.15. The highest BCUT2D eigenvalue weighted by Gasteiger charge is 2.23. The van der Waals surface area contributed by atoms with Crippen LogP contribution in [0.2, 0.25) is 0 Å². The fourth-order valence-electron chi connectivity index (χ4n) is 3.58. The van der Waals surface area contributed by atoms with Gasteiger partial charge in [0.15, 0.2) is 0 Å². The van der Waals surface area contributed by atoms with Crippen LogP contribution in [-0.4, -0.2) is 35.4 Å². The summed E-state index contributed by atoms with van der Waals surface area (Å²) in [4.78, 5) is 17.9. The van der Waals surface area contributed by atoms with Gasteiger partial charge in [0.2, 0.25) is 5.91 Å². The zero-order chi connectivity index (χ0) is 17.1. The minimum absolute atomic E-state index is 0.0560. The van der Waals surface area contributed by atoms with Crippen LogP contribution < -0.4 is 5.32 Å². The van der Waals surface area contributed by atoms with Gasteiger partial charge in [0.05, 0.1) is 19.4 Å². The standard InChI is InChI=1S/C20H23N3O2/c24-20(21-13-17-5-3-11-25-17)14-23-9-7-15(8-10-23)19-12-16-4-1-2-6-18(16)22-19/h1-6,11-12,15,22H,7-10,13-14H2,(H,21,24). The molecule has 4 rings (SSSR count). The minimum Gasteiger partial charge on any atom is -0.467 e. The summed E-state index contributed by atoms with van der Waals surface area (Å²) < 4.78 is 5.23. The number of amides is 1. The number of aromatic amines is 1. The molecule has 1 aliphatic heterocycles. The van der Waals surface area contributed by atoms with E-state index >= 15 is 0 Å². The van der Waals surface area contributed by atoms with Gasteiger partial charge in [-0.3, -0.25) is 9.69 Å². The molecule has 5 heteroatoms. The Morgan fingerprint density at radius 2 is 2.04 bits per heavy atom. The van der Waals surface area contributed by atoms with Gasteiger partial charge in [-0.2, -0.15) is 0 Å². The molecule has 25 heavy (non-hydrogen) atoms. The average Bonchev–Trinajstić information content (AvgIpc) is 3.30. The Kier molecular flexibility index (Phi) is 4.57. The number of nitrogens with one attached hydrogen (secondary N) is 2. The van der Waals surface area contributed by atoms with Gasteiger partial charge in [-0.05, 0) is 55.6 Å². The molecule has 0 spiro atoms. The van der Waals surface area contributed by atoms with E-state index in [1.165, 1.54) is 16.6 Å². The van der Waals surface area contributed by atoms with Gasteiger partial charge in [0.1, 0.15) is 5.76 Å². The fraction of sp³-hybridized carbons (Fsp3) is 0.350. The quantitative estimate of drug-likeness (QED) is 0.751. The number of fused-ring (bicyclic) bond motifs is 1. The number of carbonyl (C=O) groups is 1. The predicted octanol–water partition coefficient (Wildman–Crippen LogP) is 3.26. The van der Waals surface area contributed by atoms with Gasteiger partial charge in [-0.25, -0.2) is 0 Å². The summed E-state index contributed by atoms with van der Waals surface area (Å²) in [5.74, 6) is 1.39. The SMILES string of the molecule is O=C(CN1CCC(c2cc3ccccc3[nH]2)CC1)NCc1ccco1. The van der Waals surface area contributed by atoms with Gasteiger partial charge in [0.25, 0.3) is 0 Å². The van der Waals surface area contributed by atoms with Crippen molar-refractivity contribution < 1.29 is 9.21 Å². The maximum atomic E-state index is 12.1. The van der Waals surface area contributed by atoms with E-state index in [1.807, 2.05) is 12.1 Å². The van der Waals surface area contributed by atoms with Crippen LogP contribution in [0.25, 0.3) is 10.9 Å². The third-order valence-corrected chi connectivity index (χ3v) is 4.99. The van der Waals surface area contributed by atoms with E-state index < -0.39 is 0 Å². The molecule has 0 atom stereocenters. The number of aromatic nitrogens is 1. The maximum Gasteiger partial charge on any atom is 0.234 e. The molecule has 2 aromatic heterocycles. The van der Waals surface area contributed by atoms with Crippen molar-refractivity contribution in [3.05, 3.63) is 60.2 Å². The molecule has 1 fully saturated rings. The molecule has 3 heterocycles. The van der Waals surface area contributed by atoms with Gasteiger partial charge in [-0.1, -0.05) is 18.2 Å². The number of hydrogen-bond acceptors (Lipinski definition) is 3. The molecule has 1 saturated heterocycles. The lowest BCUT2D eigenvalue weighted by atomic mass is 9.93. The fourth-order valence-corrected chi connectivity index (χ4v) is 3.58. The van der Waals surface area contributed by atoms with E-state index in [0.717, 1.165) is 31.7 Å². The summed E-state index contributed by atoms with van der Waals surface area (Å²) in [5.41, 5.74) is 2.53. The molecule has 1 aliphatic rings. The molecule has 130 valence electrons. The largest absolute Gasteiger partial charge is 0.467 e. The van der Waals surface area contributed by atoms with Gasteiger partial charge in [-0.15, -0.1) is 0 Å². The minimum atomic E-state index is 0.0560. The summed E-state index contributed by atoms with van der Waals surface area (Å²) in [6.07, 6.45) is 3.78. The van der Waals surface area contributed by atoms with Crippen molar-refractivity contribution in [2.45, 2.75) is 25.3 Å². The summed E-state index contributed by atoms with van der Waals surface area (Å²) in [5, 5.41) is 4.19. The van der Waals surface area contributed by atoms with Crippen molar-refractivity contribution in [3.8, 4) is 0 Å². The Labute approximate surface area is 147 Å². The number of likely N-dealkylation sites (tertiary alicyclic amines) is 1. The van der Waals surface area contributed by atoms with Crippen molar-refractivity contribution in [2.24, 2.45) is 0 Å². The Morgan fingerprint density at radius 1 is 1.20 bits per heavy atom. The lowest BCUT2D eigenvalue weighted by Gasteiger charge is -2.31. The third kappa shape index (κ3) is 3.77. The number of para-hydroxylation sites is 1. The van der Waals surface area contributed by atoms with Crippen molar-refractivity contribution >= 4 is 16.8 Å². The average molecular weight is 337 g/mol. The zero-order valence-corrected chi connectivity index (χ0v) is 14.2. The normalized spacial score (nSPS) is 16.3. The van der Waals surface area contributed by atoms with E-state index in [4.69, 9.17) is 4.42 Å². The van der Waals surface area contributed by atoms with Gasteiger partial charge >= 0.3 is 0 Å². The topological polar surface area (TPSA) is 61.3 Å². The van der Waals surface area contributed by atoms with Crippen LogP contribution in [-0.2, 0) is 11.3 Å². The molecular weight excluding hydrogens is 314 g/mol. The van der Waals surface area contributed by atoms with Crippen molar-refractivity contribution in [1.29, 1.82) is 0 Å². The Morgan fingerprint density at radius 3 is 2.80 bits per heavy atom. The van der Waals surface area contributed by atoms with Crippen LogP contribution >= 0.6 is 0 Å². The van der Waals surface area contributed by atoms with Crippen LogP contribution in [0.3, 0.4) is 0 Å². The van der Waals surface area contributed by atoms with Crippen LogP contribution in [0, 0.1) is 0 Å². The zero-order valence-electron chi connectivity index (χ0n) is 14.2. The van der Waals surface area contributed by atoms with Gasteiger partial charge < -0.3 is 14.7 Å². The number of H-pyrrole nitrogens is 1. The first kappa shape index (κ1) is 16.0. The second-order valence-electron chi connectivity index (χ2n) is 6.72. The molecule has 3 aromatic rings. The number of furan rings is 1. The van der Waals surface area contributed by atoms with E-state index in [1.54, 1.807) is 6.26 Å². The summed E-state index contributed by atoms with van der Waals surface area (Å²) in [7, 11) is 0. The van der Waals surface area contributed by atoms with Crippen LogP contribution in [0.1, 0.15) is 30.2 Å². The number of benzene rings is 1. The molecular formula is C20H23N3O2. The summed E-state index contributed by atoms with van der Waals surface area (Å²) >= 11 is 0. The lowest BCUT2D eigenvalue weighted by molar-refractivity contribution is -0.122. The summed E-state index contributed by atoms with van der Waals surface area (Å²) in [6.45, 7) is 2.82. The molecule has 0 radical (unpaired) electrons. The molecule has 0 unspecified atom stereocenters. The van der Waals surface area contributed by atoms with Crippen LogP contribution in [0.5, 0.6) is 0 Å². The van der Waals surface area contributed by atoms with Crippen LogP contribution in [0.4, 0.5) is 0 Å². The first-order valence-electron chi connectivity index (χ1n) is 8.87. The highest BCUT2D eigenvalue weighted by Crippen LogP contribution is 2.29. The Bertz CT molecular complexity index is 797. The smallest absolute Gasteiger partial charge is 0.234 e.